The minimum Gasteiger partial charge on any atom is -0.506 e. The van der Waals surface area contributed by atoms with Crippen LogP contribution in [0.15, 0.2) is 102 Å². The molecule has 7 rings (SSSR count). The minimum atomic E-state index is 0. The Morgan fingerprint density at radius 1 is 0.804 bits per heavy atom. The van der Waals surface area contributed by atoms with E-state index in [0.29, 0.717) is 5.92 Å². The SMILES string of the molecule is CC(C)Cc1ccc2c(-c3ncccc3-c3ccccc3)[c-]c3ccoc3c2n1.Cc1c[c-]c(-c2cc(C)c(C)cn2)cc1C.[Ir]. The summed E-state index contributed by atoms with van der Waals surface area (Å²) in [5.74, 6) is 0.544. The molecule has 0 aliphatic rings. The summed E-state index contributed by atoms with van der Waals surface area (Å²) < 4.78 is 5.78. The number of rotatable bonds is 5. The third-order valence-corrected chi connectivity index (χ3v) is 8.18. The van der Waals surface area contributed by atoms with Crippen LogP contribution in [0, 0.1) is 45.7 Å². The van der Waals surface area contributed by atoms with Crippen LogP contribution >= 0.6 is 0 Å². The molecule has 0 spiro atoms. The topological polar surface area (TPSA) is 51.8 Å². The van der Waals surface area contributed by atoms with E-state index in [-0.39, 0.29) is 20.1 Å². The number of hydrogen-bond acceptors (Lipinski definition) is 4. The molecule has 0 bridgehead atoms. The van der Waals surface area contributed by atoms with E-state index < -0.39 is 0 Å². The Morgan fingerprint density at radius 2 is 1.59 bits per heavy atom. The summed E-state index contributed by atoms with van der Waals surface area (Å²) in [6.45, 7) is 12.8. The van der Waals surface area contributed by atoms with Gasteiger partial charge in [-0.15, -0.1) is 41.0 Å². The van der Waals surface area contributed by atoms with Gasteiger partial charge < -0.3 is 9.40 Å². The Morgan fingerprint density at radius 3 is 2.33 bits per heavy atom. The van der Waals surface area contributed by atoms with Crippen LogP contribution in [0.25, 0.3) is 55.5 Å². The zero-order valence-electron chi connectivity index (χ0n) is 27.1. The van der Waals surface area contributed by atoms with Crippen LogP contribution in [0.4, 0.5) is 0 Å². The van der Waals surface area contributed by atoms with E-state index in [1.54, 1.807) is 6.26 Å². The number of aryl methyl sites for hydroxylation is 4. The van der Waals surface area contributed by atoms with Gasteiger partial charge in [0.05, 0.1) is 5.58 Å². The maximum Gasteiger partial charge on any atom is 0.0847 e. The van der Waals surface area contributed by atoms with Crippen molar-refractivity contribution in [2.75, 3.05) is 0 Å². The summed E-state index contributed by atoms with van der Waals surface area (Å²) in [6.07, 6.45) is 6.40. The van der Waals surface area contributed by atoms with Crippen LogP contribution in [-0.4, -0.2) is 15.0 Å². The van der Waals surface area contributed by atoms with Crippen molar-refractivity contribution in [3.63, 3.8) is 0 Å². The van der Waals surface area contributed by atoms with Gasteiger partial charge in [0.1, 0.15) is 0 Å². The monoisotopic (exact) mass is 780 g/mol. The molecule has 0 aliphatic carbocycles. The van der Waals surface area contributed by atoms with Crippen LogP contribution in [0.5, 0.6) is 0 Å². The van der Waals surface area contributed by atoms with Gasteiger partial charge in [-0.1, -0.05) is 104 Å². The average Bonchev–Trinajstić information content (AvgIpc) is 3.53. The predicted molar refractivity (Wildman–Crippen MR) is 185 cm³/mol. The fraction of sp³-hybridized carbons (Fsp3) is 0.195. The van der Waals surface area contributed by atoms with Crippen molar-refractivity contribution in [3.8, 4) is 33.6 Å². The third kappa shape index (κ3) is 7.02. The van der Waals surface area contributed by atoms with Gasteiger partial charge in [-0.3, -0.25) is 9.97 Å². The Kier molecular flexibility index (Phi) is 10.3. The molecular formula is C41H37IrN3O-2. The van der Waals surface area contributed by atoms with Crippen LogP contribution in [0.1, 0.15) is 41.8 Å². The van der Waals surface area contributed by atoms with Gasteiger partial charge in [-0.2, -0.15) is 0 Å². The molecule has 1 radical (unpaired) electrons. The molecule has 46 heavy (non-hydrogen) atoms. The number of fused-ring (bicyclic) bond motifs is 3. The van der Waals surface area contributed by atoms with Crippen molar-refractivity contribution in [2.24, 2.45) is 5.92 Å². The molecule has 7 aromatic rings. The summed E-state index contributed by atoms with van der Waals surface area (Å²) in [4.78, 5) is 14.2. The first-order valence-electron chi connectivity index (χ1n) is 15.4. The van der Waals surface area contributed by atoms with Gasteiger partial charge in [0, 0.05) is 55.7 Å². The van der Waals surface area contributed by atoms with E-state index in [9.17, 15) is 0 Å². The van der Waals surface area contributed by atoms with E-state index >= 15 is 0 Å². The normalized spacial score (nSPS) is 10.9. The number of pyridine rings is 3. The van der Waals surface area contributed by atoms with Gasteiger partial charge >= 0.3 is 0 Å². The van der Waals surface area contributed by atoms with E-state index in [0.717, 1.165) is 67.6 Å². The van der Waals surface area contributed by atoms with E-state index in [4.69, 9.17) is 14.4 Å². The van der Waals surface area contributed by atoms with E-state index in [1.807, 2.05) is 48.8 Å². The fourth-order valence-corrected chi connectivity index (χ4v) is 5.43. The van der Waals surface area contributed by atoms with Gasteiger partial charge in [0.15, 0.2) is 0 Å². The molecule has 0 aliphatic heterocycles. The molecule has 0 saturated carbocycles. The standard InChI is InChI=1S/C26H21N2O.C15H16N.Ir/c1-17(2)15-20-10-11-22-23(16-19-12-14-29-26(19)25(22)28-20)24-21(9-6-13-27-24)18-7-4-3-5-8-18;1-10-5-6-14(7-11(10)2)15-8-12(3)13(4)9-16-15;/h3-14,17H,15H2,1-2H3;5,7-9H,1-4H3;/q2*-1;. The molecule has 0 fully saturated rings. The van der Waals surface area contributed by atoms with E-state index in [1.165, 1.54) is 22.3 Å². The maximum absolute atomic E-state index is 5.78. The van der Waals surface area contributed by atoms with Gasteiger partial charge in [-0.25, -0.2) is 0 Å². The molecule has 3 aromatic carbocycles. The van der Waals surface area contributed by atoms with Crippen LogP contribution in [0.2, 0.25) is 0 Å². The first-order chi connectivity index (χ1) is 21.8. The number of furan rings is 1. The Hall–Kier alpha value is -4.44. The molecule has 0 atom stereocenters. The second-order valence-corrected chi connectivity index (χ2v) is 12.1. The molecule has 0 N–H and O–H groups in total. The summed E-state index contributed by atoms with van der Waals surface area (Å²) in [6, 6.07) is 33.7. The van der Waals surface area contributed by atoms with Gasteiger partial charge in [0.2, 0.25) is 0 Å². The maximum atomic E-state index is 5.78. The van der Waals surface area contributed by atoms with Crippen molar-refractivity contribution >= 4 is 21.9 Å². The summed E-state index contributed by atoms with van der Waals surface area (Å²) in [5, 5.41) is 1.93. The van der Waals surface area contributed by atoms with Crippen LogP contribution in [-0.2, 0) is 26.5 Å². The Bertz CT molecular complexity index is 2070. The second-order valence-electron chi connectivity index (χ2n) is 12.1. The molecule has 0 saturated heterocycles. The molecule has 233 valence electrons. The zero-order chi connectivity index (χ0) is 31.5. The number of nitrogens with zero attached hydrogens (tertiary/aromatic N) is 3. The van der Waals surface area contributed by atoms with E-state index in [2.05, 4.69) is 101 Å². The molecule has 4 nitrogen and oxygen atoms in total. The Balaban J connectivity index is 0.000000209. The number of benzene rings is 3. The second kappa shape index (κ2) is 14.3. The molecule has 0 unspecified atom stereocenters. The molecule has 0 amide bonds. The quantitative estimate of drug-likeness (QED) is 0.163. The third-order valence-electron chi connectivity index (χ3n) is 8.18. The van der Waals surface area contributed by atoms with Crippen molar-refractivity contribution in [2.45, 2.75) is 48.0 Å². The summed E-state index contributed by atoms with van der Waals surface area (Å²) in [7, 11) is 0. The minimum absolute atomic E-state index is 0. The fourth-order valence-electron chi connectivity index (χ4n) is 5.43. The molecule has 4 aromatic heterocycles. The largest absolute Gasteiger partial charge is 0.506 e. The first kappa shape index (κ1) is 32.9. The first-order valence-corrected chi connectivity index (χ1v) is 15.4. The summed E-state index contributed by atoms with van der Waals surface area (Å²) >= 11 is 0. The van der Waals surface area contributed by atoms with Crippen molar-refractivity contribution in [1.29, 1.82) is 0 Å². The van der Waals surface area contributed by atoms with Gasteiger partial charge in [0.25, 0.3) is 0 Å². The van der Waals surface area contributed by atoms with Gasteiger partial charge in [-0.05, 0) is 60.7 Å². The molecule has 4 heterocycles. The van der Waals surface area contributed by atoms with Crippen molar-refractivity contribution < 1.29 is 24.5 Å². The van der Waals surface area contributed by atoms with Crippen LogP contribution < -0.4 is 0 Å². The molecular weight excluding hydrogens is 743 g/mol. The van der Waals surface area contributed by atoms with Crippen molar-refractivity contribution in [1.82, 2.24) is 15.0 Å². The summed E-state index contributed by atoms with van der Waals surface area (Å²) in [5.41, 5.74) is 14.0. The zero-order valence-corrected chi connectivity index (χ0v) is 29.5. The predicted octanol–water partition coefficient (Wildman–Crippen LogP) is 10.5. The molecule has 5 heteroatoms. The van der Waals surface area contributed by atoms with Crippen molar-refractivity contribution in [3.05, 3.63) is 138 Å². The average molecular weight is 780 g/mol. The Labute approximate surface area is 285 Å². The van der Waals surface area contributed by atoms with Crippen LogP contribution in [0.3, 0.4) is 0 Å². The number of hydrogen-bond donors (Lipinski definition) is 0. The smallest absolute Gasteiger partial charge is 0.0847 e. The number of aromatic nitrogens is 3.